The van der Waals surface area contributed by atoms with Gasteiger partial charge in [0.05, 0.1) is 5.71 Å². The molecular formula is C25H38N2O2. The van der Waals surface area contributed by atoms with Crippen LogP contribution in [0.4, 0.5) is 0 Å². The van der Waals surface area contributed by atoms with Crippen LogP contribution in [0.5, 0.6) is 0 Å². The molecule has 5 aliphatic rings. The first-order valence-electron chi connectivity index (χ1n) is 11.9. The van der Waals surface area contributed by atoms with Crippen molar-refractivity contribution in [2.45, 2.75) is 85.2 Å². The van der Waals surface area contributed by atoms with E-state index in [1.165, 1.54) is 18.6 Å². The second kappa shape index (κ2) is 6.67. The van der Waals surface area contributed by atoms with Crippen LogP contribution >= 0.6 is 0 Å². The number of ketones is 1. The maximum absolute atomic E-state index is 12.6. The smallest absolute Gasteiger partial charge is 0.141 e. The van der Waals surface area contributed by atoms with Gasteiger partial charge in [-0.3, -0.25) is 4.79 Å². The predicted molar refractivity (Wildman–Crippen MR) is 116 cm³/mol. The van der Waals surface area contributed by atoms with Crippen molar-refractivity contribution >= 4 is 11.5 Å². The quantitative estimate of drug-likeness (QED) is 0.532. The van der Waals surface area contributed by atoms with Gasteiger partial charge in [0.1, 0.15) is 11.9 Å². The number of hydrogen-bond acceptors (Lipinski definition) is 4. The van der Waals surface area contributed by atoms with Crippen molar-refractivity contribution in [3.63, 3.8) is 0 Å². The van der Waals surface area contributed by atoms with Crippen LogP contribution in [0, 0.1) is 34.0 Å². The lowest BCUT2D eigenvalue weighted by Crippen LogP contribution is -2.53. The second-order valence-corrected chi connectivity index (χ2v) is 11.4. The maximum Gasteiger partial charge on any atom is 0.141 e. The van der Waals surface area contributed by atoms with Crippen molar-refractivity contribution < 1.29 is 9.63 Å². The highest BCUT2D eigenvalue weighted by atomic mass is 16.6. The molecule has 0 spiro atoms. The van der Waals surface area contributed by atoms with Gasteiger partial charge in [-0.25, -0.2) is 0 Å². The van der Waals surface area contributed by atoms with Gasteiger partial charge >= 0.3 is 0 Å². The van der Waals surface area contributed by atoms with Crippen LogP contribution < -0.4 is 5.32 Å². The minimum atomic E-state index is -0.0389. The molecule has 3 saturated carbocycles. The monoisotopic (exact) mass is 398 g/mol. The van der Waals surface area contributed by atoms with E-state index in [0.29, 0.717) is 23.5 Å². The average molecular weight is 399 g/mol. The topological polar surface area (TPSA) is 50.7 Å². The first-order chi connectivity index (χ1) is 13.8. The van der Waals surface area contributed by atoms with E-state index in [1.54, 1.807) is 5.57 Å². The molecular weight excluding hydrogens is 360 g/mol. The minimum Gasteiger partial charge on any atom is -0.391 e. The zero-order valence-electron chi connectivity index (χ0n) is 18.7. The molecule has 5 rings (SSSR count). The third-order valence-corrected chi connectivity index (χ3v) is 9.78. The van der Waals surface area contributed by atoms with E-state index in [0.717, 1.165) is 51.6 Å². The van der Waals surface area contributed by atoms with E-state index in [1.807, 2.05) is 0 Å². The summed E-state index contributed by atoms with van der Waals surface area (Å²) in [4.78, 5) is 18.6. The van der Waals surface area contributed by atoms with Crippen LogP contribution in [0.25, 0.3) is 0 Å². The number of rotatable bonds is 2. The molecule has 0 aromatic carbocycles. The lowest BCUT2D eigenvalue weighted by Gasteiger charge is -2.59. The summed E-state index contributed by atoms with van der Waals surface area (Å²) in [7, 11) is 0. The normalized spacial score (nSPS) is 47.4. The fraction of sp³-hybridized carbons (Fsp3) is 0.840. The van der Waals surface area contributed by atoms with E-state index in [2.05, 4.69) is 39.1 Å². The maximum atomic E-state index is 12.6. The first-order valence-corrected chi connectivity index (χ1v) is 11.9. The highest BCUT2D eigenvalue weighted by molar-refractivity contribution is 5.93. The Morgan fingerprint density at radius 3 is 2.59 bits per heavy atom. The van der Waals surface area contributed by atoms with Crippen LogP contribution in [0.3, 0.4) is 0 Å². The second-order valence-electron chi connectivity index (χ2n) is 11.4. The largest absolute Gasteiger partial charge is 0.391 e. The molecule has 1 N–H and O–H groups in total. The molecule has 0 radical (unpaired) electrons. The highest BCUT2D eigenvalue weighted by Crippen LogP contribution is 2.66. The van der Waals surface area contributed by atoms with Gasteiger partial charge in [-0.05, 0) is 68.2 Å². The number of nitrogens with one attached hydrogen (secondary N) is 1. The Kier molecular flexibility index (Phi) is 4.55. The number of Topliss-reactive ketones (excluding diaryl/α,β-unsaturated/α-hetero) is 1. The molecule has 0 amide bonds. The summed E-state index contributed by atoms with van der Waals surface area (Å²) in [6, 6.07) is 0. The van der Waals surface area contributed by atoms with Crippen LogP contribution in [0.1, 0.15) is 79.1 Å². The fourth-order valence-corrected chi connectivity index (χ4v) is 8.02. The molecule has 0 bridgehead atoms. The molecule has 0 aromatic heterocycles. The Labute approximate surface area is 175 Å². The van der Waals surface area contributed by atoms with Crippen molar-refractivity contribution in [3.05, 3.63) is 11.6 Å². The number of fused-ring (bicyclic) bond motifs is 5. The summed E-state index contributed by atoms with van der Waals surface area (Å²) in [6.45, 7) is 11.5. The zero-order valence-corrected chi connectivity index (χ0v) is 18.7. The number of allylic oxidation sites excluding steroid dienone is 2. The molecule has 0 aromatic rings. The van der Waals surface area contributed by atoms with E-state index in [9.17, 15) is 4.79 Å². The summed E-state index contributed by atoms with van der Waals surface area (Å²) in [6.07, 6.45) is 11.4. The Morgan fingerprint density at radius 1 is 1.03 bits per heavy atom. The number of oxime groups is 1. The number of carbonyl (C=O) groups is 1. The number of hydrogen-bond donors (Lipinski definition) is 1. The van der Waals surface area contributed by atoms with Crippen molar-refractivity contribution in [2.24, 2.45) is 39.2 Å². The summed E-state index contributed by atoms with van der Waals surface area (Å²) in [5.41, 5.74) is 2.99. The van der Waals surface area contributed by atoms with Crippen LogP contribution in [0.15, 0.2) is 16.8 Å². The molecule has 1 aliphatic heterocycles. The molecule has 4 aliphatic carbocycles. The summed E-state index contributed by atoms with van der Waals surface area (Å²) in [5.74, 6) is 2.54. The van der Waals surface area contributed by atoms with Crippen molar-refractivity contribution in [1.29, 1.82) is 0 Å². The lowest BCUT2D eigenvalue weighted by molar-refractivity contribution is -0.131. The number of carbonyl (C=O) groups excluding carboxylic acids is 1. The van der Waals surface area contributed by atoms with Crippen LogP contribution in [0.2, 0.25) is 0 Å². The van der Waals surface area contributed by atoms with Gasteiger partial charge in [0.2, 0.25) is 0 Å². The summed E-state index contributed by atoms with van der Waals surface area (Å²) >= 11 is 0. The van der Waals surface area contributed by atoms with Gasteiger partial charge in [0, 0.05) is 30.2 Å². The fourth-order valence-electron chi connectivity index (χ4n) is 8.02. The molecule has 29 heavy (non-hydrogen) atoms. The average Bonchev–Trinajstić information content (AvgIpc) is 3.29. The highest BCUT2D eigenvalue weighted by Gasteiger charge is 2.60. The first kappa shape index (κ1) is 19.8. The minimum absolute atomic E-state index is 0.0315. The molecule has 0 unspecified atom stereocenters. The summed E-state index contributed by atoms with van der Waals surface area (Å²) in [5, 5.41) is 8.07. The lowest BCUT2D eigenvalue weighted by atomic mass is 9.45. The molecule has 4 heteroatoms. The third-order valence-electron chi connectivity index (χ3n) is 9.78. The van der Waals surface area contributed by atoms with Gasteiger partial charge in [-0.1, -0.05) is 44.5 Å². The van der Waals surface area contributed by atoms with Gasteiger partial charge in [-0.15, -0.1) is 0 Å². The van der Waals surface area contributed by atoms with E-state index in [-0.39, 0.29) is 22.3 Å². The molecule has 4 fully saturated rings. The van der Waals surface area contributed by atoms with Gasteiger partial charge in [-0.2, -0.15) is 0 Å². The third kappa shape index (κ3) is 2.80. The molecule has 6 atom stereocenters. The van der Waals surface area contributed by atoms with E-state index in [4.69, 9.17) is 9.99 Å². The zero-order chi connectivity index (χ0) is 20.4. The molecule has 160 valence electrons. The van der Waals surface area contributed by atoms with E-state index >= 15 is 0 Å². The van der Waals surface area contributed by atoms with Crippen LogP contribution in [-0.4, -0.2) is 30.7 Å². The SMILES string of the molecule is CC1(C)C2=CC[C@@H]3[C@H](CC[C@]4(C)C(=O)CC[C@@H]34)[C@@]2(C)CC/C1=N\O[C@H]1CCNC1. The van der Waals surface area contributed by atoms with Crippen LogP contribution in [-0.2, 0) is 9.63 Å². The number of nitrogens with zero attached hydrogens (tertiary/aromatic N) is 1. The Hall–Kier alpha value is -1.16. The summed E-state index contributed by atoms with van der Waals surface area (Å²) < 4.78 is 0. The Bertz CT molecular complexity index is 763. The van der Waals surface area contributed by atoms with Crippen molar-refractivity contribution in [3.8, 4) is 0 Å². The van der Waals surface area contributed by atoms with Gasteiger partial charge < -0.3 is 10.2 Å². The van der Waals surface area contributed by atoms with Gasteiger partial charge in [0.25, 0.3) is 0 Å². The standard InChI is InChI=1S/C25H38N2O2/c1-23(2)20-7-5-17-18-6-8-22(28)25(18,4)12-9-19(17)24(20,3)13-10-21(23)27-29-16-11-14-26-15-16/h7,16-19,26H,5-6,8-15H2,1-4H3/b27-21+/t16-,17-,18-,19-,24+,25-/m0/s1. The van der Waals surface area contributed by atoms with Crippen molar-refractivity contribution in [2.75, 3.05) is 13.1 Å². The van der Waals surface area contributed by atoms with Gasteiger partial charge in [0.15, 0.2) is 0 Å². The van der Waals surface area contributed by atoms with Crippen molar-refractivity contribution in [1.82, 2.24) is 5.32 Å². The molecule has 1 heterocycles. The Balaban J connectivity index is 1.43. The van der Waals surface area contributed by atoms with E-state index < -0.39 is 0 Å². The predicted octanol–water partition coefficient (Wildman–Crippen LogP) is 4.89. The molecule has 1 saturated heterocycles. The Morgan fingerprint density at radius 2 is 1.83 bits per heavy atom. The molecule has 4 nitrogen and oxygen atoms in total.